The maximum absolute atomic E-state index is 12.9. The molecule has 0 bridgehead atoms. The first-order valence-electron chi connectivity index (χ1n) is 10.7. The van der Waals surface area contributed by atoms with E-state index in [9.17, 15) is 14.4 Å². The van der Waals surface area contributed by atoms with E-state index in [4.69, 9.17) is 4.74 Å². The minimum Gasteiger partial charge on any atom is -0.466 e. The highest BCUT2D eigenvalue weighted by molar-refractivity contribution is 9.10. The summed E-state index contributed by atoms with van der Waals surface area (Å²) in [7, 11) is 1.69. The number of aromatic nitrogens is 2. The van der Waals surface area contributed by atoms with Gasteiger partial charge in [0.25, 0.3) is 5.56 Å². The Morgan fingerprint density at radius 3 is 2.50 bits per heavy atom. The molecule has 0 spiro atoms. The Kier molecular flexibility index (Phi) is 8.53. The van der Waals surface area contributed by atoms with Gasteiger partial charge in [0, 0.05) is 42.3 Å². The van der Waals surface area contributed by atoms with Crippen molar-refractivity contribution in [2.45, 2.75) is 38.3 Å². The largest absolute Gasteiger partial charge is 0.466 e. The number of likely N-dealkylation sites (tertiary alicyclic amines) is 1. The number of aryl methyl sites for hydroxylation is 1. The standard InChI is InChI=1S/C23H28BrN3O4S/c1-4-31-22(30)17-9-11-27(12-10-17)20(28)14-32-23-25-15(2)19(21(29)26(23)3)13-16-5-7-18(24)8-6-16/h5-8,17H,4,9-14H2,1-3H3. The maximum atomic E-state index is 12.9. The van der Waals surface area contributed by atoms with Gasteiger partial charge in [-0.15, -0.1) is 0 Å². The summed E-state index contributed by atoms with van der Waals surface area (Å²) in [5, 5.41) is 0.529. The molecule has 3 rings (SSSR count). The fraction of sp³-hybridized carbons (Fsp3) is 0.478. The van der Waals surface area contributed by atoms with E-state index in [-0.39, 0.29) is 29.1 Å². The number of thioether (sulfide) groups is 1. The Morgan fingerprint density at radius 2 is 1.88 bits per heavy atom. The van der Waals surface area contributed by atoms with Crippen LogP contribution in [0.4, 0.5) is 0 Å². The van der Waals surface area contributed by atoms with E-state index >= 15 is 0 Å². The molecule has 1 fully saturated rings. The third-order valence-electron chi connectivity index (χ3n) is 5.64. The average molecular weight is 522 g/mol. The molecule has 0 aliphatic carbocycles. The molecule has 9 heteroatoms. The molecular weight excluding hydrogens is 494 g/mol. The first-order valence-corrected chi connectivity index (χ1v) is 12.5. The van der Waals surface area contributed by atoms with Crippen LogP contribution in [0.3, 0.4) is 0 Å². The van der Waals surface area contributed by atoms with Crippen molar-refractivity contribution in [2.24, 2.45) is 13.0 Å². The lowest BCUT2D eigenvalue weighted by molar-refractivity contribution is -0.151. The predicted molar refractivity (Wildman–Crippen MR) is 128 cm³/mol. The smallest absolute Gasteiger partial charge is 0.309 e. The van der Waals surface area contributed by atoms with Gasteiger partial charge in [-0.05, 0) is 44.4 Å². The molecule has 32 heavy (non-hydrogen) atoms. The quantitative estimate of drug-likeness (QED) is 0.315. The fourth-order valence-electron chi connectivity index (χ4n) is 3.71. The number of hydrogen-bond acceptors (Lipinski definition) is 6. The lowest BCUT2D eigenvalue weighted by Gasteiger charge is -2.30. The number of nitrogens with zero attached hydrogens (tertiary/aromatic N) is 3. The molecule has 172 valence electrons. The minimum atomic E-state index is -0.174. The number of benzene rings is 1. The number of halogens is 1. The number of rotatable bonds is 7. The van der Waals surface area contributed by atoms with E-state index in [0.29, 0.717) is 55.4 Å². The number of carbonyl (C=O) groups is 2. The summed E-state index contributed by atoms with van der Waals surface area (Å²) in [4.78, 5) is 43.9. The second-order valence-corrected chi connectivity index (χ2v) is 9.68. The molecule has 1 amide bonds. The van der Waals surface area contributed by atoms with Gasteiger partial charge < -0.3 is 9.64 Å². The number of hydrogen-bond donors (Lipinski definition) is 0. The van der Waals surface area contributed by atoms with Gasteiger partial charge in [0.2, 0.25) is 5.91 Å². The van der Waals surface area contributed by atoms with E-state index in [2.05, 4.69) is 20.9 Å². The van der Waals surface area contributed by atoms with Gasteiger partial charge in [-0.2, -0.15) is 0 Å². The van der Waals surface area contributed by atoms with Crippen molar-refractivity contribution < 1.29 is 14.3 Å². The van der Waals surface area contributed by atoms with Crippen LogP contribution in [-0.2, 0) is 27.8 Å². The second-order valence-electron chi connectivity index (χ2n) is 7.82. The van der Waals surface area contributed by atoms with E-state index in [1.807, 2.05) is 31.2 Å². The Hall–Kier alpha value is -2.13. The van der Waals surface area contributed by atoms with Crippen molar-refractivity contribution in [1.82, 2.24) is 14.5 Å². The SMILES string of the molecule is CCOC(=O)C1CCN(C(=O)CSc2nc(C)c(Cc3ccc(Br)cc3)c(=O)n2C)CC1. The van der Waals surface area contributed by atoms with Crippen molar-refractivity contribution in [3.05, 3.63) is 55.9 Å². The van der Waals surface area contributed by atoms with Crippen molar-refractivity contribution in [1.29, 1.82) is 0 Å². The number of piperidine rings is 1. The summed E-state index contributed by atoms with van der Waals surface area (Å²) in [6.07, 6.45) is 1.75. The van der Waals surface area contributed by atoms with Crippen LogP contribution < -0.4 is 5.56 Å². The van der Waals surface area contributed by atoms with Crippen molar-refractivity contribution in [3.63, 3.8) is 0 Å². The number of ether oxygens (including phenoxy) is 1. The van der Waals surface area contributed by atoms with Crippen LogP contribution in [0.1, 0.15) is 36.6 Å². The summed E-state index contributed by atoms with van der Waals surface area (Å²) in [5.41, 5.74) is 2.29. The molecule has 1 aromatic carbocycles. The average Bonchev–Trinajstić information content (AvgIpc) is 2.79. The molecule has 2 heterocycles. The van der Waals surface area contributed by atoms with Gasteiger partial charge in [-0.1, -0.05) is 39.8 Å². The summed E-state index contributed by atoms with van der Waals surface area (Å²) >= 11 is 4.69. The van der Waals surface area contributed by atoms with Crippen LogP contribution in [0, 0.1) is 12.8 Å². The van der Waals surface area contributed by atoms with Crippen LogP contribution in [0.2, 0.25) is 0 Å². The van der Waals surface area contributed by atoms with Crippen LogP contribution in [-0.4, -0.2) is 51.8 Å². The maximum Gasteiger partial charge on any atom is 0.309 e. The summed E-state index contributed by atoms with van der Waals surface area (Å²) in [6, 6.07) is 7.87. The van der Waals surface area contributed by atoms with Gasteiger partial charge in [0.05, 0.1) is 18.3 Å². The van der Waals surface area contributed by atoms with Crippen LogP contribution in [0.25, 0.3) is 0 Å². The van der Waals surface area contributed by atoms with Gasteiger partial charge in [0.15, 0.2) is 5.16 Å². The third kappa shape index (κ3) is 6.01. The Labute approximate surface area is 200 Å². The summed E-state index contributed by atoms with van der Waals surface area (Å²) in [6.45, 7) is 5.09. The molecule has 1 aliphatic rings. The molecule has 2 aromatic rings. The monoisotopic (exact) mass is 521 g/mol. The van der Waals surface area contributed by atoms with E-state index in [0.717, 1.165) is 10.0 Å². The molecule has 0 unspecified atom stereocenters. The zero-order valence-corrected chi connectivity index (χ0v) is 21.0. The van der Waals surface area contributed by atoms with Gasteiger partial charge in [-0.3, -0.25) is 19.0 Å². The van der Waals surface area contributed by atoms with E-state index < -0.39 is 0 Å². The Bertz CT molecular complexity index is 1030. The summed E-state index contributed by atoms with van der Waals surface area (Å²) in [5.74, 6) is -0.111. The third-order valence-corrected chi connectivity index (χ3v) is 7.18. The molecule has 1 aromatic heterocycles. The zero-order chi connectivity index (χ0) is 23.3. The highest BCUT2D eigenvalue weighted by atomic mass is 79.9. The molecule has 0 N–H and O–H groups in total. The van der Waals surface area contributed by atoms with Gasteiger partial charge >= 0.3 is 5.97 Å². The van der Waals surface area contributed by atoms with Crippen molar-refractivity contribution in [2.75, 3.05) is 25.4 Å². The van der Waals surface area contributed by atoms with Crippen LogP contribution in [0.15, 0.2) is 38.7 Å². The number of amides is 1. The lowest BCUT2D eigenvalue weighted by atomic mass is 9.97. The Morgan fingerprint density at radius 1 is 1.22 bits per heavy atom. The molecular formula is C23H28BrN3O4S. The predicted octanol–water partition coefficient (Wildman–Crippen LogP) is 3.34. The molecule has 1 saturated heterocycles. The molecule has 7 nitrogen and oxygen atoms in total. The fourth-order valence-corrected chi connectivity index (χ4v) is 4.89. The lowest BCUT2D eigenvalue weighted by Crippen LogP contribution is -2.41. The van der Waals surface area contributed by atoms with Crippen molar-refractivity contribution in [3.8, 4) is 0 Å². The highest BCUT2D eigenvalue weighted by Gasteiger charge is 2.28. The minimum absolute atomic E-state index is 0.0110. The normalized spacial score (nSPS) is 14.4. The molecule has 0 radical (unpaired) electrons. The zero-order valence-electron chi connectivity index (χ0n) is 18.6. The van der Waals surface area contributed by atoms with E-state index in [1.54, 1.807) is 18.9 Å². The molecule has 1 aliphatic heterocycles. The number of carbonyl (C=O) groups excluding carboxylic acids is 2. The first kappa shape index (κ1) is 24.5. The highest BCUT2D eigenvalue weighted by Crippen LogP contribution is 2.22. The Balaban J connectivity index is 1.61. The molecule has 0 atom stereocenters. The van der Waals surface area contributed by atoms with Crippen LogP contribution in [0.5, 0.6) is 0 Å². The summed E-state index contributed by atoms with van der Waals surface area (Å²) < 4.78 is 7.59. The first-order chi connectivity index (χ1) is 15.3. The topological polar surface area (TPSA) is 81.5 Å². The van der Waals surface area contributed by atoms with E-state index in [1.165, 1.54) is 16.3 Å². The van der Waals surface area contributed by atoms with Crippen LogP contribution >= 0.6 is 27.7 Å². The molecule has 0 saturated carbocycles. The van der Waals surface area contributed by atoms with Gasteiger partial charge in [0.1, 0.15) is 0 Å². The number of esters is 1. The second kappa shape index (κ2) is 11.1. The van der Waals surface area contributed by atoms with Gasteiger partial charge in [-0.25, -0.2) is 4.98 Å². The van der Waals surface area contributed by atoms with Crippen molar-refractivity contribution >= 4 is 39.6 Å².